The monoisotopic (exact) mass is 627 g/mol. The van der Waals surface area contributed by atoms with Crippen LogP contribution in [0, 0.1) is 0 Å². The number of amides is 1. The van der Waals surface area contributed by atoms with Crippen molar-refractivity contribution >= 4 is 16.0 Å². The van der Waals surface area contributed by atoms with Gasteiger partial charge in [-0.3, -0.25) is 9.35 Å². The lowest BCUT2D eigenvalue weighted by atomic mass is 10.0. The van der Waals surface area contributed by atoms with Gasteiger partial charge in [0.1, 0.15) is 6.10 Å². The first kappa shape index (κ1) is 41.5. The summed E-state index contributed by atoms with van der Waals surface area (Å²) in [4.78, 5) is 12.5. The molecule has 4 N–H and O–H groups in total. The first-order chi connectivity index (χ1) is 20.7. The van der Waals surface area contributed by atoms with Gasteiger partial charge in [-0.2, -0.15) is 8.42 Å². The predicted octanol–water partition coefficient (Wildman–Crippen LogP) is 8.37. The largest absolute Gasteiger partial charge is 0.387 e. The maximum atomic E-state index is 12.5. The number of rotatable bonds is 30. The van der Waals surface area contributed by atoms with Crippen LogP contribution >= 0.6 is 0 Å². The van der Waals surface area contributed by atoms with Gasteiger partial charge in [0.25, 0.3) is 10.1 Å². The van der Waals surface area contributed by atoms with Gasteiger partial charge in [-0.15, -0.1) is 0 Å². The fourth-order valence-corrected chi connectivity index (χ4v) is 5.66. The number of aliphatic hydroxyl groups is 2. The van der Waals surface area contributed by atoms with E-state index in [1.807, 2.05) is 0 Å². The van der Waals surface area contributed by atoms with Crippen molar-refractivity contribution in [1.29, 1.82) is 0 Å². The minimum atomic E-state index is -4.44. The van der Waals surface area contributed by atoms with Crippen LogP contribution in [0.15, 0.2) is 36.5 Å². The Labute approximate surface area is 264 Å². The lowest BCUT2D eigenvalue weighted by molar-refractivity contribution is -0.130. The molecule has 0 saturated carbocycles. The number of aliphatic hydroxyl groups excluding tert-OH is 2. The van der Waals surface area contributed by atoms with Crippen molar-refractivity contribution < 1.29 is 28.0 Å². The molecule has 252 valence electrons. The summed E-state index contributed by atoms with van der Waals surface area (Å²) in [6.45, 7) is 4.39. The van der Waals surface area contributed by atoms with Crippen molar-refractivity contribution in [3.05, 3.63) is 36.5 Å². The smallest absolute Gasteiger partial charge is 0.267 e. The third kappa shape index (κ3) is 29.0. The van der Waals surface area contributed by atoms with Crippen molar-refractivity contribution in [3.8, 4) is 0 Å². The summed E-state index contributed by atoms with van der Waals surface area (Å²) in [5.74, 6) is -1.57. The van der Waals surface area contributed by atoms with Gasteiger partial charge >= 0.3 is 0 Å². The van der Waals surface area contributed by atoms with Crippen molar-refractivity contribution in [1.82, 2.24) is 5.32 Å². The molecule has 0 heterocycles. The zero-order chi connectivity index (χ0) is 32.0. The lowest BCUT2D eigenvalue weighted by Crippen LogP contribution is -2.50. The Kier molecular flexibility index (Phi) is 28.2. The normalized spacial score (nSPS) is 14.6. The highest BCUT2D eigenvalue weighted by molar-refractivity contribution is 7.85. The van der Waals surface area contributed by atoms with E-state index in [1.54, 1.807) is 6.08 Å². The Balaban J connectivity index is 4.07. The Morgan fingerprint density at radius 2 is 1.07 bits per heavy atom. The van der Waals surface area contributed by atoms with Crippen LogP contribution in [0.1, 0.15) is 155 Å². The molecular weight excluding hydrogens is 562 g/mol. The van der Waals surface area contributed by atoms with Crippen molar-refractivity contribution in [2.45, 2.75) is 173 Å². The zero-order valence-corrected chi connectivity index (χ0v) is 28.3. The van der Waals surface area contributed by atoms with Gasteiger partial charge in [0.05, 0.1) is 17.9 Å². The molecule has 1 amide bonds. The highest BCUT2D eigenvalue weighted by Crippen LogP contribution is 2.13. The molecule has 0 saturated heterocycles. The number of carbonyl (C=O) groups excluding carboxylic acids is 1. The van der Waals surface area contributed by atoms with Crippen LogP contribution in [0.3, 0.4) is 0 Å². The molecule has 0 aliphatic rings. The zero-order valence-electron chi connectivity index (χ0n) is 27.4. The average Bonchev–Trinajstić information content (AvgIpc) is 2.96. The molecular formula is C35H65NO6S. The van der Waals surface area contributed by atoms with Crippen LogP contribution < -0.4 is 5.32 Å². The molecule has 0 aromatic carbocycles. The average molecular weight is 628 g/mol. The summed E-state index contributed by atoms with van der Waals surface area (Å²) in [6.07, 6.45) is 33.7. The van der Waals surface area contributed by atoms with E-state index in [2.05, 4.69) is 43.5 Å². The number of nitrogens with one attached hydrogen (secondary N) is 1. The van der Waals surface area contributed by atoms with E-state index in [0.29, 0.717) is 12.8 Å². The number of carbonyl (C=O) groups is 1. The highest BCUT2D eigenvalue weighted by atomic mass is 32.2. The van der Waals surface area contributed by atoms with Crippen LogP contribution in [0.4, 0.5) is 0 Å². The molecule has 0 rings (SSSR count). The van der Waals surface area contributed by atoms with Gasteiger partial charge in [-0.05, 0) is 51.4 Å². The van der Waals surface area contributed by atoms with Crippen LogP contribution in [0.2, 0.25) is 0 Å². The Morgan fingerprint density at radius 3 is 1.60 bits per heavy atom. The first-order valence-corrected chi connectivity index (χ1v) is 18.9. The number of allylic oxidation sites excluding steroid dienone is 5. The lowest BCUT2D eigenvalue weighted by Gasteiger charge is -2.22. The van der Waals surface area contributed by atoms with Gasteiger partial charge in [0.2, 0.25) is 5.91 Å². The van der Waals surface area contributed by atoms with Gasteiger partial charge in [-0.1, -0.05) is 140 Å². The molecule has 3 atom stereocenters. The second-order valence-electron chi connectivity index (χ2n) is 11.9. The second-order valence-corrected chi connectivity index (χ2v) is 13.4. The summed E-state index contributed by atoms with van der Waals surface area (Å²) in [7, 11) is -4.44. The molecule has 0 radical (unpaired) electrons. The summed E-state index contributed by atoms with van der Waals surface area (Å²) >= 11 is 0. The minimum Gasteiger partial charge on any atom is -0.387 e. The van der Waals surface area contributed by atoms with Gasteiger partial charge in [0.15, 0.2) is 0 Å². The first-order valence-electron chi connectivity index (χ1n) is 17.3. The van der Waals surface area contributed by atoms with E-state index in [1.165, 1.54) is 76.7 Å². The highest BCUT2D eigenvalue weighted by Gasteiger charge is 2.27. The Morgan fingerprint density at radius 1 is 0.628 bits per heavy atom. The number of unbranched alkanes of at least 4 members (excludes halogenated alkanes) is 17. The summed E-state index contributed by atoms with van der Waals surface area (Å²) in [5, 5.41) is 23.1. The van der Waals surface area contributed by atoms with Crippen LogP contribution in [-0.4, -0.2) is 53.1 Å². The van der Waals surface area contributed by atoms with E-state index >= 15 is 0 Å². The predicted molar refractivity (Wildman–Crippen MR) is 181 cm³/mol. The van der Waals surface area contributed by atoms with Crippen molar-refractivity contribution in [3.63, 3.8) is 0 Å². The Bertz CT molecular complexity index is 839. The van der Waals surface area contributed by atoms with E-state index < -0.39 is 40.0 Å². The third-order valence-corrected chi connectivity index (χ3v) is 8.43. The third-order valence-electron chi connectivity index (χ3n) is 7.65. The summed E-state index contributed by atoms with van der Waals surface area (Å²) in [5.41, 5.74) is 0. The molecule has 0 spiro atoms. The molecule has 43 heavy (non-hydrogen) atoms. The standard InChI is InChI=1S/C35H65NO6S/c1-3-5-7-9-11-13-14-15-16-17-18-19-20-21-22-24-26-28-30-34(38)35(39)36-32(31-43(40,41)42)33(37)29-27-25-23-12-10-8-6-4-2/h10,12,17-18,27,29,32-34,37-38H,3-9,11,13-16,19-26,28,30-31H2,1-2H3,(H,36,39)(H,40,41,42)/b12-10+,18-17-,29-27+. The van der Waals surface area contributed by atoms with Crippen molar-refractivity contribution in [2.24, 2.45) is 0 Å². The van der Waals surface area contributed by atoms with Crippen LogP contribution in [0.5, 0.6) is 0 Å². The van der Waals surface area contributed by atoms with Gasteiger partial charge in [0, 0.05) is 0 Å². The summed E-state index contributed by atoms with van der Waals surface area (Å²) in [6, 6.07) is -1.25. The maximum absolute atomic E-state index is 12.5. The number of hydrogen-bond donors (Lipinski definition) is 4. The SMILES string of the molecule is CCCC/C=C/CC/C=C/C(O)C(CS(=O)(=O)O)NC(=O)C(O)CCCCCCCC/C=C\CCCCCCCCCC. The topological polar surface area (TPSA) is 124 Å². The maximum Gasteiger partial charge on any atom is 0.267 e. The van der Waals surface area contributed by atoms with Crippen LogP contribution in [-0.2, 0) is 14.9 Å². The molecule has 0 aliphatic carbocycles. The molecule has 0 aliphatic heterocycles. The van der Waals surface area contributed by atoms with Crippen LogP contribution in [0.25, 0.3) is 0 Å². The molecule has 0 bridgehead atoms. The molecule has 7 nitrogen and oxygen atoms in total. The molecule has 0 aromatic rings. The van der Waals surface area contributed by atoms with E-state index in [9.17, 15) is 28.0 Å². The molecule has 0 aromatic heterocycles. The quantitative estimate of drug-likeness (QED) is 0.0360. The Hall–Kier alpha value is -1.48. The fourth-order valence-electron chi connectivity index (χ4n) is 4.92. The van der Waals surface area contributed by atoms with E-state index in [-0.39, 0.29) is 6.42 Å². The van der Waals surface area contributed by atoms with Gasteiger partial charge in [-0.25, -0.2) is 0 Å². The van der Waals surface area contributed by atoms with E-state index in [4.69, 9.17) is 0 Å². The van der Waals surface area contributed by atoms with Gasteiger partial charge < -0.3 is 15.5 Å². The van der Waals surface area contributed by atoms with E-state index in [0.717, 1.165) is 51.4 Å². The summed E-state index contributed by atoms with van der Waals surface area (Å²) < 4.78 is 32.2. The fraction of sp³-hybridized carbons (Fsp3) is 0.800. The molecule has 8 heteroatoms. The minimum absolute atomic E-state index is 0.266. The molecule has 3 unspecified atom stereocenters. The number of hydrogen-bond acceptors (Lipinski definition) is 5. The van der Waals surface area contributed by atoms with Crippen molar-refractivity contribution in [2.75, 3.05) is 5.75 Å². The second kappa shape index (κ2) is 29.2. The molecule has 0 fully saturated rings.